The summed E-state index contributed by atoms with van der Waals surface area (Å²) in [6, 6.07) is 7.43. The van der Waals surface area contributed by atoms with Gasteiger partial charge in [0.1, 0.15) is 0 Å². The number of hydrogen-bond donors (Lipinski definition) is 3. The molecule has 0 heterocycles. The van der Waals surface area contributed by atoms with Crippen LogP contribution in [0.4, 0.5) is 4.79 Å². The molecule has 1 aromatic rings. The first-order chi connectivity index (χ1) is 9.43. The van der Waals surface area contributed by atoms with E-state index >= 15 is 0 Å². The second kappa shape index (κ2) is 7.53. The van der Waals surface area contributed by atoms with Crippen LogP contribution in [-0.4, -0.2) is 23.7 Å². The molecule has 0 fully saturated rings. The summed E-state index contributed by atoms with van der Waals surface area (Å²) < 4.78 is 0. The summed E-state index contributed by atoms with van der Waals surface area (Å²) in [6.07, 6.45) is 0.489. The van der Waals surface area contributed by atoms with Gasteiger partial charge in [0.2, 0.25) is 0 Å². The van der Waals surface area contributed by atoms with Crippen molar-refractivity contribution in [2.75, 3.05) is 6.54 Å². The van der Waals surface area contributed by atoms with Crippen molar-refractivity contribution in [1.29, 1.82) is 0 Å². The van der Waals surface area contributed by atoms with Crippen LogP contribution in [0.3, 0.4) is 0 Å². The van der Waals surface area contributed by atoms with Gasteiger partial charge in [-0.3, -0.25) is 4.79 Å². The second-order valence-corrected chi connectivity index (χ2v) is 4.93. The van der Waals surface area contributed by atoms with Gasteiger partial charge in [-0.25, -0.2) is 4.79 Å². The molecule has 20 heavy (non-hydrogen) atoms. The Labute approximate surface area is 119 Å². The van der Waals surface area contributed by atoms with E-state index in [0.29, 0.717) is 6.42 Å². The third kappa shape index (κ3) is 4.91. The largest absolute Gasteiger partial charge is 0.481 e. The molecule has 0 aliphatic heterocycles. The van der Waals surface area contributed by atoms with Crippen LogP contribution in [-0.2, 0) is 4.79 Å². The number of aryl methyl sites for hydroxylation is 1. The molecule has 2 unspecified atom stereocenters. The Morgan fingerprint density at radius 3 is 2.35 bits per heavy atom. The van der Waals surface area contributed by atoms with Crippen molar-refractivity contribution in [3.63, 3.8) is 0 Å². The Morgan fingerprint density at radius 2 is 1.85 bits per heavy atom. The molecule has 0 aromatic heterocycles. The number of carbonyl (C=O) groups excluding carboxylic acids is 1. The van der Waals surface area contributed by atoms with E-state index in [9.17, 15) is 9.59 Å². The molecule has 5 heteroatoms. The van der Waals surface area contributed by atoms with E-state index in [2.05, 4.69) is 10.6 Å². The van der Waals surface area contributed by atoms with E-state index in [0.717, 1.165) is 11.1 Å². The van der Waals surface area contributed by atoms with Crippen LogP contribution < -0.4 is 10.6 Å². The molecule has 1 rings (SSSR count). The van der Waals surface area contributed by atoms with Crippen molar-refractivity contribution in [1.82, 2.24) is 10.6 Å². The zero-order valence-electron chi connectivity index (χ0n) is 12.1. The maximum atomic E-state index is 11.7. The van der Waals surface area contributed by atoms with Gasteiger partial charge in [-0.15, -0.1) is 0 Å². The van der Waals surface area contributed by atoms with E-state index in [1.165, 1.54) is 0 Å². The van der Waals surface area contributed by atoms with Gasteiger partial charge >= 0.3 is 12.0 Å². The molecule has 2 atom stereocenters. The van der Waals surface area contributed by atoms with Gasteiger partial charge in [0.15, 0.2) is 0 Å². The highest BCUT2D eigenvalue weighted by Gasteiger charge is 2.16. The van der Waals surface area contributed by atoms with Crippen molar-refractivity contribution in [3.8, 4) is 0 Å². The summed E-state index contributed by atoms with van der Waals surface area (Å²) >= 11 is 0. The lowest BCUT2D eigenvalue weighted by Gasteiger charge is -2.16. The highest BCUT2D eigenvalue weighted by Crippen LogP contribution is 2.12. The molecule has 3 N–H and O–H groups in total. The Hall–Kier alpha value is -2.04. The number of carboxylic acids is 1. The summed E-state index contributed by atoms with van der Waals surface area (Å²) in [7, 11) is 0. The quantitative estimate of drug-likeness (QED) is 0.748. The third-order valence-corrected chi connectivity index (χ3v) is 3.28. The lowest BCUT2D eigenvalue weighted by molar-refractivity contribution is -0.141. The predicted molar refractivity (Wildman–Crippen MR) is 77.5 cm³/mol. The first-order valence-electron chi connectivity index (χ1n) is 6.77. The Morgan fingerprint density at radius 1 is 1.25 bits per heavy atom. The highest BCUT2D eigenvalue weighted by atomic mass is 16.4. The van der Waals surface area contributed by atoms with Crippen LogP contribution in [0, 0.1) is 12.8 Å². The Balaban J connectivity index is 2.45. The minimum Gasteiger partial charge on any atom is -0.481 e. The number of rotatable bonds is 6. The Bertz CT molecular complexity index is 457. The number of aliphatic carboxylic acids is 1. The Kier molecular flexibility index (Phi) is 6.03. The lowest BCUT2D eigenvalue weighted by Crippen LogP contribution is -2.40. The molecule has 0 saturated heterocycles. The fourth-order valence-corrected chi connectivity index (χ4v) is 1.81. The fourth-order valence-electron chi connectivity index (χ4n) is 1.81. The third-order valence-electron chi connectivity index (χ3n) is 3.28. The molecule has 0 bridgehead atoms. The molecule has 0 radical (unpaired) electrons. The maximum Gasteiger partial charge on any atom is 0.315 e. The summed E-state index contributed by atoms with van der Waals surface area (Å²) in [6.45, 7) is 5.82. The first-order valence-corrected chi connectivity index (χ1v) is 6.77. The number of carbonyl (C=O) groups is 2. The number of carboxylic acid groups (broad SMARTS) is 1. The molecule has 0 aliphatic carbocycles. The van der Waals surface area contributed by atoms with Crippen LogP contribution in [0.2, 0.25) is 0 Å². The monoisotopic (exact) mass is 278 g/mol. The smallest absolute Gasteiger partial charge is 0.315 e. The number of benzene rings is 1. The molecular formula is C15H22N2O3. The first kappa shape index (κ1) is 16.0. The summed E-state index contributed by atoms with van der Waals surface area (Å²) in [5.41, 5.74) is 2.17. The number of hydrogen-bond acceptors (Lipinski definition) is 2. The fraction of sp³-hybridized carbons (Fsp3) is 0.467. The average molecular weight is 278 g/mol. The van der Waals surface area contributed by atoms with Gasteiger partial charge in [-0.2, -0.15) is 0 Å². The van der Waals surface area contributed by atoms with Crippen LogP contribution in [0.1, 0.15) is 37.4 Å². The van der Waals surface area contributed by atoms with E-state index in [-0.39, 0.29) is 18.6 Å². The zero-order valence-corrected chi connectivity index (χ0v) is 12.1. The molecule has 110 valence electrons. The summed E-state index contributed by atoms with van der Waals surface area (Å²) in [4.78, 5) is 22.6. The molecule has 1 aromatic carbocycles. The lowest BCUT2D eigenvalue weighted by atomic mass is 10.1. The van der Waals surface area contributed by atoms with Crippen LogP contribution in [0.15, 0.2) is 24.3 Å². The summed E-state index contributed by atoms with van der Waals surface area (Å²) in [5, 5.41) is 14.3. The van der Waals surface area contributed by atoms with Gasteiger partial charge in [0, 0.05) is 6.54 Å². The van der Waals surface area contributed by atoms with Gasteiger partial charge < -0.3 is 15.7 Å². The van der Waals surface area contributed by atoms with E-state index in [1.807, 2.05) is 38.1 Å². The van der Waals surface area contributed by atoms with E-state index in [4.69, 9.17) is 5.11 Å². The van der Waals surface area contributed by atoms with Crippen molar-refractivity contribution in [2.45, 2.75) is 33.2 Å². The molecule has 5 nitrogen and oxygen atoms in total. The molecule has 0 aliphatic rings. The maximum absolute atomic E-state index is 11.7. The number of amides is 2. The van der Waals surface area contributed by atoms with Crippen LogP contribution in [0.25, 0.3) is 0 Å². The standard InChI is InChI=1S/C15H22N2O3/c1-4-12(14(18)19)9-16-15(20)17-11(3)13-7-5-10(2)6-8-13/h5-8,11-12H,4,9H2,1-3H3,(H,18,19)(H2,16,17,20). The minimum absolute atomic E-state index is 0.125. The van der Waals surface area contributed by atoms with E-state index in [1.54, 1.807) is 6.92 Å². The predicted octanol–water partition coefficient (Wildman–Crippen LogP) is 2.47. The SMILES string of the molecule is CCC(CNC(=O)NC(C)c1ccc(C)cc1)C(=O)O. The normalized spacial score (nSPS) is 13.3. The van der Waals surface area contributed by atoms with Gasteiger partial charge in [-0.1, -0.05) is 36.8 Å². The number of urea groups is 1. The van der Waals surface area contributed by atoms with Gasteiger partial charge in [0.05, 0.1) is 12.0 Å². The summed E-state index contributed by atoms with van der Waals surface area (Å²) in [5.74, 6) is -1.44. The number of nitrogens with one attached hydrogen (secondary N) is 2. The van der Waals surface area contributed by atoms with Gasteiger partial charge in [-0.05, 0) is 25.8 Å². The minimum atomic E-state index is -0.889. The van der Waals surface area contributed by atoms with Crippen molar-refractivity contribution in [2.24, 2.45) is 5.92 Å². The highest BCUT2D eigenvalue weighted by molar-refractivity contribution is 5.76. The van der Waals surface area contributed by atoms with Crippen molar-refractivity contribution in [3.05, 3.63) is 35.4 Å². The van der Waals surface area contributed by atoms with E-state index < -0.39 is 11.9 Å². The molecule has 0 saturated carbocycles. The topological polar surface area (TPSA) is 78.4 Å². The van der Waals surface area contributed by atoms with Crippen LogP contribution >= 0.6 is 0 Å². The van der Waals surface area contributed by atoms with Crippen LogP contribution in [0.5, 0.6) is 0 Å². The van der Waals surface area contributed by atoms with Gasteiger partial charge in [0.25, 0.3) is 0 Å². The van der Waals surface area contributed by atoms with Crippen molar-refractivity contribution < 1.29 is 14.7 Å². The molecule has 0 spiro atoms. The molecule has 2 amide bonds. The average Bonchev–Trinajstić information content (AvgIpc) is 2.39. The van der Waals surface area contributed by atoms with Crippen molar-refractivity contribution >= 4 is 12.0 Å². The second-order valence-electron chi connectivity index (χ2n) is 4.93. The zero-order chi connectivity index (χ0) is 15.1. The molecular weight excluding hydrogens is 256 g/mol.